The van der Waals surface area contributed by atoms with E-state index in [0.717, 1.165) is 26.5 Å². The number of aromatic nitrogens is 1. The second-order valence-corrected chi connectivity index (χ2v) is 7.46. The molecule has 0 saturated heterocycles. The number of nitrogens with zero attached hydrogens (tertiary/aromatic N) is 1. The molecule has 2 aromatic carbocycles. The van der Waals surface area contributed by atoms with Crippen LogP contribution in [-0.4, -0.2) is 17.5 Å². The van der Waals surface area contributed by atoms with E-state index in [9.17, 15) is 4.79 Å². The van der Waals surface area contributed by atoms with Crippen LogP contribution in [0.3, 0.4) is 0 Å². The second kappa shape index (κ2) is 6.98. The molecule has 0 fully saturated rings. The molecular weight excluding hydrogens is 372 g/mol. The first kappa shape index (κ1) is 16.8. The van der Waals surface area contributed by atoms with E-state index in [4.69, 9.17) is 9.15 Å². The Morgan fingerprint density at radius 1 is 1.07 bits per heavy atom. The van der Waals surface area contributed by atoms with Crippen molar-refractivity contribution in [1.29, 1.82) is 0 Å². The third-order valence-corrected chi connectivity index (χ3v) is 5.56. The van der Waals surface area contributed by atoms with Gasteiger partial charge in [0.1, 0.15) is 18.1 Å². The Labute approximate surface area is 165 Å². The summed E-state index contributed by atoms with van der Waals surface area (Å²) in [7, 11) is 0. The predicted molar refractivity (Wildman–Crippen MR) is 109 cm³/mol. The molecule has 0 radical (unpaired) electrons. The zero-order chi connectivity index (χ0) is 18.9. The molecule has 0 saturated carbocycles. The molecule has 1 amide bonds. The summed E-state index contributed by atoms with van der Waals surface area (Å²) in [5.41, 5.74) is 2.46. The smallest absolute Gasteiger partial charge is 0.251 e. The topological polar surface area (TPSA) is 64.4 Å². The summed E-state index contributed by atoms with van der Waals surface area (Å²) in [6, 6.07) is 19.4. The number of carbonyl (C=O) groups is 1. The minimum atomic E-state index is -0.160. The van der Waals surface area contributed by atoms with Gasteiger partial charge in [-0.1, -0.05) is 30.3 Å². The molecule has 0 bridgehead atoms. The van der Waals surface area contributed by atoms with Crippen LogP contribution in [0.4, 0.5) is 0 Å². The summed E-state index contributed by atoms with van der Waals surface area (Å²) in [4.78, 5) is 17.1. The largest absolute Gasteiger partial charge is 0.488 e. The Kier molecular flexibility index (Phi) is 4.18. The predicted octanol–water partition coefficient (Wildman–Crippen LogP) is 4.65. The van der Waals surface area contributed by atoms with Crippen LogP contribution in [0.25, 0.3) is 27.1 Å². The number of hydrogen-bond acceptors (Lipinski definition) is 5. The van der Waals surface area contributed by atoms with E-state index < -0.39 is 0 Å². The van der Waals surface area contributed by atoms with Crippen molar-refractivity contribution in [3.8, 4) is 16.5 Å². The van der Waals surface area contributed by atoms with Crippen LogP contribution < -0.4 is 10.1 Å². The Morgan fingerprint density at radius 2 is 1.93 bits per heavy atom. The number of ether oxygens (including phenoxy) is 1. The number of carbonyl (C=O) groups excluding carboxylic acids is 1. The number of hydrogen-bond donors (Lipinski definition) is 1. The van der Waals surface area contributed by atoms with Gasteiger partial charge in [0.15, 0.2) is 10.8 Å². The summed E-state index contributed by atoms with van der Waals surface area (Å²) in [5.74, 6) is 2.03. The number of fused-ring (bicyclic) bond motifs is 2. The van der Waals surface area contributed by atoms with Gasteiger partial charge < -0.3 is 14.5 Å². The van der Waals surface area contributed by atoms with Crippen molar-refractivity contribution in [2.75, 3.05) is 6.61 Å². The average molecular weight is 388 g/mol. The van der Waals surface area contributed by atoms with Gasteiger partial charge in [0.05, 0.1) is 22.3 Å². The van der Waals surface area contributed by atoms with Crippen LogP contribution in [0.5, 0.6) is 5.75 Å². The van der Waals surface area contributed by atoms with Gasteiger partial charge in [0.2, 0.25) is 0 Å². The molecular formula is C22H16N2O3S. The van der Waals surface area contributed by atoms with Crippen LogP contribution >= 0.6 is 11.3 Å². The van der Waals surface area contributed by atoms with E-state index in [-0.39, 0.29) is 12.5 Å². The van der Waals surface area contributed by atoms with Gasteiger partial charge in [-0.25, -0.2) is 4.98 Å². The van der Waals surface area contributed by atoms with Crippen LogP contribution in [0.1, 0.15) is 11.3 Å². The lowest BCUT2D eigenvalue weighted by Gasteiger charge is -2.17. The lowest BCUT2D eigenvalue weighted by molar-refractivity contribution is -0.118. The highest BCUT2D eigenvalue weighted by atomic mass is 32.1. The molecule has 1 aliphatic heterocycles. The normalized spacial score (nSPS) is 12.9. The summed E-state index contributed by atoms with van der Waals surface area (Å²) in [6.07, 6.45) is 1.86. The Hall–Kier alpha value is -3.38. The quantitative estimate of drug-likeness (QED) is 0.553. The zero-order valence-electron chi connectivity index (χ0n) is 14.8. The van der Waals surface area contributed by atoms with Gasteiger partial charge in [-0.2, -0.15) is 0 Å². The Morgan fingerprint density at radius 3 is 2.86 bits per heavy atom. The molecule has 3 heterocycles. The summed E-state index contributed by atoms with van der Waals surface area (Å²) >= 11 is 1.59. The van der Waals surface area contributed by atoms with Crippen molar-refractivity contribution < 1.29 is 13.9 Å². The summed E-state index contributed by atoms with van der Waals surface area (Å²) < 4.78 is 12.6. The van der Waals surface area contributed by atoms with Crippen molar-refractivity contribution in [3.63, 3.8) is 0 Å². The van der Waals surface area contributed by atoms with Crippen LogP contribution in [0.2, 0.25) is 0 Å². The molecule has 4 aromatic rings. The van der Waals surface area contributed by atoms with Gasteiger partial charge in [0.25, 0.3) is 5.91 Å². The first-order chi connectivity index (χ1) is 13.8. The van der Waals surface area contributed by atoms with Gasteiger partial charge in [0, 0.05) is 5.56 Å². The molecule has 0 atom stereocenters. The van der Waals surface area contributed by atoms with E-state index in [2.05, 4.69) is 10.3 Å². The third kappa shape index (κ3) is 3.18. The van der Waals surface area contributed by atoms with E-state index in [1.165, 1.54) is 0 Å². The van der Waals surface area contributed by atoms with Crippen molar-refractivity contribution in [2.24, 2.45) is 0 Å². The molecule has 138 valence electrons. The first-order valence-corrected chi connectivity index (χ1v) is 9.73. The SMILES string of the molecule is O=C(NCc1ccc(-c2nc3ccccc3s2)o1)C1=Cc2ccccc2OC1. The zero-order valence-corrected chi connectivity index (χ0v) is 15.7. The molecule has 1 aliphatic rings. The number of benzene rings is 2. The van der Waals surface area contributed by atoms with Gasteiger partial charge >= 0.3 is 0 Å². The lowest BCUT2D eigenvalue weighted by Crippen LogP contribution is -2.28. The summed E-state index contributed by atoms with van der Waals surface area (Å²) in [6.45, 7) is 0.570. The Balaban J connectivity index is 1.28. The molecule has 6 heteroatoms. The second-order valence-electron chi connectivity index (χ2n) is 6.43. The highest BCUT2D eigenvalue weighted by Crippen LogP contribution is 2.31. The molecule has 5 rings (SSSR count). The molecule has 1 N–H and O–H groups in total. The molecule has 0 spiro atoms. The van der Waals surface area contributed by atoms with E-state index >= 15 is 0 Å². The number of nitrogens with one attached hydrogen (secondary N) is 1. The highest BCUT2D eigenvalue weighted by Gasteiger charge is 2.17. The fourth-order valence-corrected chi connectivity index (χ4v) is 4.02. The first-order valence-electron chi connectivity index (χ1n) is 8.91. The molecule has 5 nitrogen and oxygen atoms in total. The molecule has 0 aliphatic carbocycles. The fraction of sp³-hybridized carbons (Fsp3) is 0.0909. The maximum absolute atomic E-state index is 12.5. The molecule has 28 heavy (non-hydrogen) atoms. The van der Waals surface area contributed by atoms with Crippen molar-refractivity contribution in [3.05, 3.63) is 77.6 Å². The van der Waals surface area contributed by atoms with Crippen LogP contribution in [0.15, 0.2) is 70.7 Å². The Bertz CT molecular complexity index is 1170. The maximum atomic E-state index is 12.5. The van der Waals surface area contributed by atoms with E-state index in [0.29, 0.717) is 23.6 Å². The van der Waals surface area contributed by atoms with Crippen LogP contribution in [-0.2, 0) is 11.3 Å². The van der Waals surface area contributed by atoms with Crippen molar-refractivity contribution >= 4 is 33.5 Å². The standard InChI is InChI=1S/C22H16N2O3S/c25-21(15-11-14-5-1-3-7-18(14)26-13-15)23-12-16-9-10-19(27-16)22-24-17-6-2-4-8-20(17)28-22/h1-11H,12-13H2,(H,23,25). The van der Waals surface area contributed by atoms with E-state index in [1.54, 1.807) is 11.3 Å². The minimum absolute atomic E-state index is 0.160. The number of para-hydroxylation sites is 2. The number of rotatable bonds is 4. The third-order valence-electron chi connectivity index (χ3n) is 4.51. The van der Waals surface area contributed by atoms with Crippen molar-refractivity contribution in [1.82, 2.24) is 10.3 Å². The number of furan rings is 1. The number of thiazole rings is 1. The van der Waals surface area contributed by atoms with Gasteiger partial charge in [-0.05, 0) is 36.4 Å². The van der Waals surface area contributed by atoms with Gasteiger partial charge in [-0.15, -0.1) is 11.3 Å². The maximum Gasteiger partial charge on any atom is 0.251 e. The van der Waals surface area contributed by atoms with E-state index in [1.807, 2.05) is 66.7 Å². The molecule has 2 aromatic heterocycles. The van der Waals surface area contributed by atoms with Crippen molar-refractivity contribution in [2.45, 2.75) is 6.54 Å². The lowest BCUT2D eigenvalue weighted by atomic mass is 10.1. The monoisotopic (exact) mass is 388 g/mol. The van der Waals surface area contributed by atoms with Crippen LogP contribution in [0, 0.1) is 0 Å². The number of amides is 1. The fourth-order valence-electron chi connectivity index (χ4n) is 3.09. The average Bonchev–Trinajstić information content (AvgIpc) is 3.38. The summed E-state index contributed by atoms with van der Waals surface area (Å²) in [5, 5.41) is 3.73. The molecule has 0 unspecified atom stereocenters. The highest BCUT2D eigenvalue weighted by molar-refractivity contribution is 7.21. The van der Waals surface area contributed by atoms with Gasteiger partial charge in [-0.3, -0.25) is 4.79 Å². The minimum Gasteiger partial charge on any atom is -0.488 e.